The zero-order chi connectivity index (χ0) is 21.7. The van der Waals surface area contributed by atoms with Crippen molar-refractivity contribution in [3.63, 3.8) is 0 Å². The average molecular weight is 408 g/mol. The number of ether oxygens (including phenoxy) is 3. The van der Waals surface area contributed by atoms with Gasteiger partial charge in [-0.2, -0.15) is 0 Å². The molecule has 0 saturated heterocycles. The summed E-state index contributed by atoms with van der Waals surface area (Å²) in [6, 6.07) is 16.8. The lowest BCUT2D eigenvalue weighted by molar-refractivity contribution is -0.168. The fourth-order valence-corrected chi connectivity index (χ4v) is 3.97. The Bertz CT molecular complexity index is 957. The first-order valence-corrected chi connectivity index (χ1v) is 9.55. The van der Waals surface area contributed by atoms with E-state index < -0.39 is 23.3 Å². The van der Waals surface area contributed by atoms with Crippen molar-refractivity contribution in [2.45, 2.75) is 19.3 Å². The zero-order valence-corrected chi connectivity index (χ0v) is 17.3. The van der Waals surface area contributed by atoms with Gasteiger partial charge in [0.05, 0.1) is 26.9 Å². The second-order valence-corrected chi connectivity index (χ2v) is 7.23. The first-order valence-electron chi connectivity index (χ1n) is 9.55. The summed E-state index contributed by atoms with van der Waals surface area (Å²) in [5, 5.41) is 0. The number of esters is 3. The number of carbonyl (C=O) groups is 3. The van der Waals surface area contributed by atoms with Crippen LogP contribution in [0.2, 0.25) is 0 Å². The van der Waals surface area contributed by atoms with Crippen LogP contribution in [0.3, 0.4) is 0 Å². The molecule has 1 aliphatic rings. The van der Waals surface area contributed by atoms with Gasteiger partial charge in [-0.1, -0.05) is 48.0 Å². The third-order valence-electron chi connectivity index (χ3n) is 5.49. The predicted molar refractivity (Wildman–Crippen MR) is 111 cm³/mol. The molecule has 156 valence electrons. The maximum absolute atomic E-state index is 12.7. The van der Waals surface area contributed by atoms with E-state index in [1.807, 2.05) is 30.3 Å². The molecule has 0 spiro atoms. The third-order valence-corrected chi connectivity index (χ3v) is 5.49. The molecular formula is C24H24O6. The largest absolute Gasteiger partial charge is 0.468 e. The summed E-state index contributed by atoms with van der Waals surface area (Å²) in [4.78, 5) is 37.1. The highest BCUT2D eigenvalue weighted by molar-refractivity contribution is 6.04. The molecule has 0 atom stereocenters. The van der Waals surface area contributed by atoms with Crippen LogP contribution in [0.1, 0.15) is 34.3 Å². The van der Waals surface area contributed by atoms with E-state index in [2.05, 4.69) is 0 Å². The van der Waals surface area contributed by atoms with Gasteiger partial charge in [0.25, 0.3) is 0 Å². The molecule has 2 aromatic rings. The minimum Gasteiger partial charge on any atom is -0.468 e. The van der Waals surface area contributed by atoms with Crippen molar-refractivity contribution in [3.8, 4) is 0 Å². The van der Waals surface area contributed by atoms with Crippen LogP contribution < -0.4 is 0 Å². The molecule has 0 amide bonds. The van der Waals surface area contributed by atoms with Gasteiger partial charge in [0.1, 0.15) is 0 Å². The number of carbonyl (C=O) groups excluding carboxylic acids is 3. The Morgan fingerprint density at radius 2 is 1.40 bits per heavy atom. The Hall–Kier alpha value is -3.41. The van der Waals surface area contributed by atoms with Crippen LogP contribution in [0.5, 0.6) is 0 Å². The van der Waals surface area contributed by atoms with E-state index in [1.165, 1.54) is 21.3 Å². The summed E-state index contributed by atoms with van der Waals surface area (Å²) in [6.45, 7) is 0. The molecule has 0 aliphatic heterocycles. The van der Waals surface area contributed by atoms with E-state index in [9.17, 15) is 14.4 Å². The molecule has 0 fully saturated rings. The van der Waals surface area contributed by atoms with Gasteiger partial charge in [-0.3, -0.25) is 9.59 Å². The van der Waals surface area contributed by atoms with Gasteiger partial charge >= 0.3 is 17.9 Å². The first-order chi connectivity index (χ1) is 14.4. The van der Waals surface area contributed by atoms with Gasteiger partial charge in [-0.25, -0.2) is 4.79 Å². The SMILES string of the molecule is COC(=O)c1ccc(C2=C(Cc3ccccc3)CC(C(=O)OC)(C(=O)OC)C2)cc1. The second-order valence-electron chi connectivity index (χ2n) is 7.23. The molecule has 3 rings (SSSR count). The Morgan fingerprint density at radius 1 is 0.800 bits per heavy atom. The van der Waals surface area contributed by atoms with E-state index in [-0.39, 0.29) is 12.8 Å². The Morgan fingerprint density at radius 3 is 1.93 bits per heavy atom. The normalized spacial score (nSPS) is 14.9. The Balaban J connectivity index is 2.05. The Kier molecular flexibility index (Phi) is 6.35. The van der Waals surface area contributed by atoms with Crippen molar-refractivity contribution in [1.82, 2.24) is 0 Å². The molecule has 0 radical (unpaired) electrons. The van der Waals surface area contributed by atoms with Gasteiger partial charge in [-0.15, -0.1) is 0 Å². The number of benzene rings is 2. The summed E-state index contributed by atoms with van der Waals surface area (Å²) in [5.41, 5.74) is 2.76. The van der Waals surface area contributed by atoms with Gasteiger partial charge < -0.3 is 14.2 Å². The standard InChI is InChI=1S/C24H24O6/c1-28-21(25)18-11-9-17(10-12-18)20-15-24(22(26)29-2,23(27)30-3)14-19(20)13-16-7-5-4-6-8-16/h4-12H,13-15H2,1-3H3. The zero-order valence-electron chi connectivity index (χ0n) is 17.3. The van der Waals surface area contributed by atoms with Crippen LogP contribution in [0, 0.1) is 5.41 Å². The fraction of sp³-hybridized carbons (Fsp3) is 0.292. The van der Waals surface area contributed by atoms with Crippen molar-refractivity contribution in [2.75, 3.05) is 21.3 Å². The van der Waals surface area contributed by atoms with E-state index in [4.69, 9.17) is 14.2 Å². The quantitative estimate of drug-likeness (QED) is 0.413. The van der Waals surface area contributed by atoms with Crippen molar-refractivity contribution in [2.24, 2.45) is 5.41 Å². The second kappa shape index (κ2) is 8.95. The van der Waals surface area contributed by atoms with Crippen LogP contribution >= 0.6 is 0 Å². The smallest absolute Gasteiger partial charge is 0.337 e. The highest BCUT2D eigenvalue weighted by atomic mass is 16.5. The number of allylic oxidation sites excluding steroid dienone is 2. The first kappa shape index (κ1) is 21.3. The molecule has 2 aromatic carbocycles. The van der Waals surface area contributed by atoms with Crippen LogP contribution in [-0.2, 0) is 30.2 Å². The molecular weight excluding hydrogens is 384 g/mol. The predicted octanol–water partition coefficient (Wildman–Crippen LogP) is 3.60. The maximum Gasteiger partial charge on any atom is 0.337 e. The molecule has 0 aromatic heterocycles. The van der Waals surface area contributed by atoms with Gasteiger partial charge in [0, 0.05) is 6.42 Å². The lowest BCUT2D eigenvalue weighted by Crippen LogP contribution is -2.39. The highest BCUT2D eigenvalue weighted by Gasteiger charge is 2.53. The minimum absolute atomic E-state index is 0.173. The highest BCUT2D eigenvalue weighted by Crippen LogP contribution is 2.48. The van der Waals surface area contributed by atoms with Gasteiger partial charge in [0.15, 0.2) is 5.41 Å². The summed E-state index contributed by atoms with van der Waals surface area (Å²) >= 11 is 0. The number of hydrogen-bond acceptors (Lipinski definition) is 6. The molecule has 6 nitrogen and oxygen atoms in total. The molecule has 6 heteroatoms. The van der Waals surface area contributed by atoms with Crippen LogP contribution in [0.15, 0.2) is 60.2 Å². The van der Waals surface area contributed by atoms with E-state index in [0.717, 1.165) is 22.3 Å². The summed E-state index contributed by atoms with van der Waals surface area (Å²) in [6.07, 6.45) is 0.978. The van der Waals surface area contributed by atoms with Crippen molar-refractivity contribution in [1.29, 1.82) is 0 Å². The van der Waals surface area contributed by atoms with Crippen molar-refractivity contribution < 1.29 is 28.6 Å². The lowest BCUT2D eigenvalue weighted by Gasteiger charge is -2.23. The summed E-state index contributed by atoms with van der Waals surface area (Å²) < 4.78 is 14.7. The van der Waals surface area contributed by atoms with Crippen molar-refractivity contribution in [3.05, 3.63) is 76.9 Å². The van der Waals surface area contributed by atoms with Crippen LogP contribution in [0.4, 0.5) is 0 Å². The van der Waals surface area contributed by atoms with Crippen LogP contribution in [0.25, 0.3) is 5.57 Å². The fourth-order valence-electron chi connectivity index (χ4n) is 3.97. The minimum atomic E-state index is -1.41. The number of rotatable bonds is 6. The average Bonchev–Trinajstić information content (AvgIpc) is 3.18. The van der Waals surface area contributed by atoms with E-state index >= 15 is 0 Å². The molecule has 1 aliphatic carbocycles. The maximum atomic E-state index is 12.7. The molecule has 0 N–H and O–H groups in total. The molecule has 0 saturated carbocycles. The van der Waals surface area contributed by atoms with Crippen molar-refractivity contribution >= 4 is 23.5 Å². The van der Waals surface area contributed by atoms with E-state index in [0.29, 0.717) is 12.0 Å². The monoisotopic (exact) mass is 408 g/mol. The summed E-state index contributed by atoms with van der Waals surface area (Å²) in [5.74, 6) is -1.65. The topological polar surface area (TPSA) is 78.9 Å². The Labute approximate surface area is 175 Å². The summed E-state index contributed by atoms with van der Waals surface area (Å²) in [7, 11) is 3.87. The van der Waals surface area contributed by atoms with E-state index in [1.54, 1.807) is 24.3 Å². The number of hydrogen-bond donors (Lipinski definition) is 0. The lowest BCUT2D eigenvalue weighted by atomic mass is 9.82. The molecule has 0 heterocycles. The number of methoxy groups -OCH3 is 3. The van der Waals surface area contributed by atoms with Gasteiger partial charge in [-0.05, 0) is 41.7 Å². The third kappa shape index (κ3) is 3.99. The van der Waals surface area contributed by atoms with Gasteiger partial charge in [0.2, 0.25) is 0 Å². The van der Waals surface area contributed by atoms with Crippen LogP contribution in [-0.4, -0.2) is 39.2 Å². The molecule has 0 bridgehead atoms. The molecule has 0 unspecified atom stereocenters. The molecule has 30 heavy (non-hydrogen) atoms.